The minimum atomic E-state index is -1.09. The van der Waals surface area contributed by atoms with Crippen molar-refractivity contribution in [2.24, 2.45) is 5.41 Å². The molecule has 0 aromatic heterocycles. The summed E-state index contributed by atoms with van der Waals surface area (Å²) >= 11 is 0. The summed E-state index contributed by atoms with van der Waals surface area (Å²) in [6.45, 7) is 7.80. The van der Waals surface area contributed by atoms with E-state index in [0.29, 0.717) is 12.8 Å². The van der Waals surface area contributed by atoms with E-state index in [2.05, 4.69) is 0 Å². The van der Waals surface area contributed by atoms with Gasteiger partial charge in [0.2, 0.25) is 0 Å². The van der Waals surface area contributed by atoms with Crippen LogP contribution < -0.4 is 0 Å². The van der Waals surface area contributed by atoms with Crippen molar-refractivity contribution in [3.05, 3.63) is 35.9 Å². The summed E-state index contributed by atoms with van der Waals surface area (Å²) in [6.07, 6.45) is 0.329. The molecule has 0 fully saturated rings. The smallest absolute Gasteiger partial charge is 0.0993 e. The summed E-state index contributed by atoms with van der Waals surface area (Å²) in [5, 5.41) is 20.9. The zero-order valence-electron chi connectivity index (χ0n) is 11.3. The first-order chi connectivity index (χ1) is 7.81. The van der Waals surface area contributed by atoms with Gasteiger partial charge in [0.1, 0.15) is 0 Å². The maximum absolute atomic E-state index is 10.8. The molecule has 1 aromatic rings. The van der Waals surface area contributed by atoms with Gasteiger partial charge >= 0.3 is 0 Å². The van der Waals surface area contributed by atoms with Crippen molar-refractivity contribution in [1.82, 2.24) is 0 Å². The zero-order chi connectivity index (χ0) is 13.1. The predicted molar refractivity (Wildman–Crippen MR) is 70.8 cm³/mol. The van der Waals surface area contributed by atoms with E-state index in [1.165, 1.54) is 0 Å². The molecule has 2 N–H and O–H groups in total. The van der Waals surface area contributed by atoms with Crippen molar-refractivity contribution >= 4 is 0 Å². The number of rotatable bonds is 4. The fourth-order valence-electron chi connectivity index (χ4n) is 2.13. The van der Waals surface area contributed by atoms with Crippen LogP contribution in [-0.4, -0.2) is 21.9 Å². The molecule has 0 aliphatic rings. The Morgan fingerprint density at radius 3 is 2.06 bits per heavy atom. The van der Waals surface area contributed by atoms with Crippen LogP contribution in [0.2, 0.25) is 0 Å². The highest BCUT2D eigenvalue weighted by Gasteiger charge is 2.45. The molecule has 0 aliphatic heterocycles. The standard InChI is InChI=1S/C15H24O2/c1-5-13(16)15(17,14(2,3)4)11-12-9-7-6-8-10-12/h6-10,13,16-17H,5,11H2,1-4H3/t13-,15-/m0/s1. The van der Waals surface area contributed by atoms with Gasteiger partial charge in [-0.15, -0.1) is 0 Å². The number of benzene rings is 1. The van der Waals surface area contributed by atoms with Crippen LogP contribution >= 0.6 is 0 Å². The largest absolute Gasteiger partial charge is 0.390 e. The first-order valence-corrected chi connectivity index (χ1v) is 6.25. The van der Waals surface area contributed by atoms with Crippen LogP contribution in [0.4, 0.5) is 0 Å². The molecule has 0 radical (unpaired) electrons. The molecule has 0 bridgehead atoms. The van der Waals surface area contributed by atoms with Crippen LogP contribution in [0.3, 0.4) is 0 Å². The summed E-state index contributed by atoms with van der Waals surface area (Å²) in [6, 6.07) is 9.83. The van der Waals surface area contributed by atoms with E-state index < -0.39 is 11.7 Å². The third-order valence-electron chi connectivity index (χ3n) is 3.55. The van der Waals surface area contributed by atoms with E-state index in [0.717, 1.165) is 5.56 Å². The van der Waals surface area contributed by atoms with Crippen molar-refractivity contribution in [3.8, 4) is 0 Å². The summed E-state index contributed by atoms with van der Waals surface area (Å²) in [4.78, 5) is 0. The van der Waals surface area contributed by atoms with Crippen molar-refractivity contribution in [2.75, 3.05) is 0 Å². The molecule has 0 unspecified atom stereocenters. The lowest BCUT2D eigenvalue weighted by Crippen LogP contribution is -2.54. The molecule has 2 atom stereocenters. The molecule has 2 nitrogen and oxygen atoms in total. The second kappa shape index (κ2) is 5.19. The number of hydrogen-bond acceptors (Lipinski definition) is 2. The van der Waals surface area contributed by atoms with Crippen molar-refractivity contribution < 1.29 is 10.2 Å². The summed E-state index contributed by atoms with van der Waals surface area (Å²) < 4.78 is 0. The molecule has 1 rings (SSSR count). The summed E-state index contributed by atoms with van der Waals surface area (Å²) in [5.41, 5.74) is -0.404. The minimum absolute atomic E-state index is 0.363. The van der Waals surface area contributed by atoms with E-state index in [4.69, 9.17) is 0 Å². The molecule has 0 spiro atoms. The maximum atomic E-state index is 10.8. The van der Waals surface area contributed by atoms with E-state index in [-0.39, 0.29) is 5.41 Å². The molecule has 0 saturated heterocycles. The second-order valence-electron chi connectivity index (χ2n) is 5.76. The van der Waals surface area contributed by atoms with E-state index in [1.54, 1.807) is 0 Å². The predicted octanol–water partition coefficient (Wildman–Crippen LogP) is 2.78. The number of aliphatic hydroxyl groups is 2. The Labute approximate surface area is 104 Å². The monoisotopic (exact) mass is 236 g/mol. The van der Waals surface area contributed by atoms with Gasteiger partial charge in [0.05, 0.1) is 11.7 Å². The highest BCUT2D eigenvalue weighted by atomic mass is 16.3. The molecule has 96 valence electrons. The Balaban J connectivity index is 3.01. The summed E-state index contributed by atoms with van der Waals surface area (Å²) in [7, 11) is 0. The molecule has 0 aliphatic carbocycles. The highest BCUT2D eigenvalue weighted by molar-refractivity contribution is 5.19. The SMILES string of the molecule is CC[C@H](O)[C@@](O)(Cc1ccccc1)C(C)(C)C. The third-order valence-corrected chi connectivity index (χ3v) is 3.55. The number of hydrogen-bond donors (Lipinski definition) is 2. The summed E-state index contributed by atoms with van der Waals surface area (Å²) in [5.74, 6) is 0. The quantitative estimate of drug-likeness (QED) is 0.844. The molecular formula is C15H24O2. The minimum Gasteiger partial charge on any atom is -0.390 e. The van der Waals surface area contributed by atoms with E-state index in [9.17, 15) is 10.2 Å². The van der Waals surface area contributed by atoms with Gasteiger partial charge in [-0.05, 0) is 17.4 Å². The lowest BCUT2D eigenvalue weighted by atomic mass is 9.69. The molecule has 2 heteroatoms. The lowest BCUT2D eigenvalue weighted by molar-refractivity contribution is -0.142. The first-order valence-electron chi connectivity index (χ1n) is 6.25. The maximum Gasteiger partial charge on any atom is 0.0993 e. The molecular weight excluding hydrogens is 212 g/mol. The van der Waals surface area contributed by atoms with Crippen molar-refractivity contribution in [3.63, 3.8) is 0 Å². The van der Waals surface area contributed by atoms with Crippen LogP contribution in [0, 0.1) is 5.41 Å². The van der Waals surface area contributed by atoms with Crippen molar-refractivity contribution in [1.29, 1.82) is 0 Å². The number of aliphatic hydroxyl groups excluding tert-OH is 1. The molecule has 1 aromatic carbocycles. The van der Waals surface area contributed by atoms with Gasteiger partial charge in [-0.25, -0.2) is 0 Å². The van der Waals surface area contributed by atoms with Gasteiger partial charge < -0.3 is 10.2 Å². The Kier molecular flexibility index (Phi) is 4.34. The molecule has 0 amide bonds. The van der Waals surface area contributed by atoms with Crippen LogP contribution in [-0.2, 0) is 6.42 Å². The fraction of sp³-hybridized carbons (Fsp3) is 0.600. The normalized spacial score (nSPS) is 17.5. The average Bonchev–Trinajstić information content (AvgIpc) is 2.27. The highest BCUT2D eigenvalue weighted by Crippen LogP contribution is 2.37. The fourth-order valence-corrected chi connectivity index (χ4v) is 2.13. The van der Waals surface area contributed by atoms with Gasteiger partial charge in [-0.3, -0.25) is 0 Å². The molecule has 17 heavy (non-hydrogen) atoms. The first kappa shape index (κ1) is 14.2. The zero-order valence-corrected chi connectivity index (χ0v) is 11.3. The lowest BCUT2D eigenvalue weighted by Gasteiger charge is -2.43. The van der Waals surface area contributed by atoms with Crippen LogP contribution in [0.15, 0.2) is 30.3 Å². The van der Waals surface area contributed by atoms with Crippen molar-refractivity contribution in [2.45, 2.75) is 52.2 Å². The van der Waals surface area contributed by atoms with E-state index >= 15 is 0 Å². The second-order valence-corrected chi connectivity index (χ2v) is 5.76. The van der Waals surface area contributed by atoms with Crippen LogP contribution in [0.25, 0.3) is 0 Å². The van der Waals surface area contributed by atoms with Gasteiger partial charge in [0, 0.05) is 6.42 Å². The van der Waals surface area contributed by atoms with E-state index in [1.807, 2.05) is 58.0 Å². The Morgan fingerprint density at radius 2 is 1.65 bits per heavy atom. The Morgan fingerprint density at radius 1 is 1.12 bits per heavy atom. The third kappa shape index (κ3) is 3.08. The average molecular weight is 236 g/mol. The van der Waals surface area contributed by atoms with Gasteiger partial charge in [0.15, 0.2) is 0 Å². The molecule has 0 heterocycles. The van der Waals surface area contributed by atoms with Crippen LogP contribution in [0.5, 0.6) is 0 Å². The van der Waals surface area contributed by atoms with Gasteiger partial charge in [0.25, 0.3) is 0 Å². The Bertz CT molecular complexity index is 340. The van der Waals surface area contributed by atoms with Crippen LogP contribution in [0.1, 0.15) is 39.7 Å². The van der Waals surface area contributed by atoms with Gasteiger partial charge in [-0.1, -0.05) is 58.0 Å². The molecule has 0 saturated carbocycles. The topological polar surface area (TPSA) is 40.5 Å². The Hall–Kier alpha value is -0.860. The van der Waals surface area contributed by atoms with Gasteiger partial charge in [-0.2, -0.15) is 0 Å².